The normalized spacial score (nSPS) is 14.8. The van der Waals surface area contributed by atoms with Gasteiger partial charge in [0.1, 0.15) is 10.9 Å². The van der Waals surface area contributed by atoms with Crippen molar-refractivity contribution in [2.45, 2.75) is 59.0 Å². The highest BCUT2D eigenvalue weighted by Crippen LogP contribution is 2.39. The minimum Gasteiger partial charge on any atom is -0.493 e. The molecule has 2 aromatic rings. The maximum Gasteiger partial charge on any atom is 0.305 e. The van der Waals surface area contributed by atoms with Crippen LogP contribution in [0.4, 0.5) is 0 Å². The summed E-state index contributed by atoms with van der Waals surface area (Å²) < 4.78 is 18.0. The first-order chi connectivity index (χ1) is 18.0. The van der Waals surface area contributed by atoms with Crippen molar-refractivity contribution in [1.82, 2.24) is 4.90 Å². The zero-order valence-corrected chi connectivity index (χ0v) is 25.7. The Hall–Kier alpha value is -2.36. The minimum absolute atomic E-state index is 0.0952. The van der Waals surface area contributed by atoms with E-state index in [1.807, 2.05) is 19.1 Å². The first kappa shape index (κ1) is 30.2. The number of rotatable bonds is 11. The second-order valence-corrected chi connectivity index (χ2v) is 12.5. The summed E-state index contributed by atoms with van der Waals surface area (Å²) in [4.78, 5) is 26.8. The molecule has 1 fully saturated rings. The SMILES string of the molecule is CCCOC(=O)CCCN1C(=O)/C(=C\c2cc(Br)c(OCc3ccc(C(C)(C)C)cc3)c(OC)c2)SC1=S. The average molecular weight is 621 g/mol. The van der Waals surface area contributed by atoms with Crippen molar-refractivity contribution in [3.05, 3.63) is 62.5 Å². The number of hydrogen-bond acceptors (Lipinski definition) is 7. The number of methoxy groups -OCH3 is 1. The van der Waals surface area contributed by atoms with Crippen LogP contribution in [0.2, 0.25) is 0 Å². The summed E-state index contributed by atoms with van der Waals surface area (Å²) in [5, 5.41) is 0. The van der Waals surface area contributed by atoms with Crippen LogP contribution in [0, 0.1) is 0 Å². The molecule has 204 valence electrons. The van der Waals surface area contributed by atoms with E-state index in [1.54, 1.807) is 13.2 Å². The Morgan fingerprint density at radius 2 is 1.89 bits per heavy atom. The molecule has 0 aliphatic carbocycles. The second-order valence-electron chi connectivity index (χ2n) is 9.93. The highest BCUT2D eigenvalue weighted by atomic mass is 79.9. The van der Waals surface area contributed by atoms with Gasteiger partial charge in [-0.05, 0) is 69.1 Å². The summed E-state index contributed by atoms with van der Waals surface area (Å²) in [6.45, 7) is 9.69. The van der Waals surface area contributed by atoms with Crippen LogP contribution in [0.1, 0.15) is 63.6 Å². The molecule has 0 bridgehead atoms. The maximum absolute atomic E-state index is 13.0. The van der Waals surface area contributed by atoms with Crippen molar-refractivity contribution in [2.24, 2.45) is 0 Å². The van der Waals surface area contributed by atoms with Gasteiger partial charge in [0.15, 0.2) is 11.5 Å². The molecule has 0 N–H and O–H groups in total. The van der Waals surface area contributed by atoms with E-state index in [4.69, 9.17) is 26.4 Å². The van der Waals surface area contributed by atoms with E-state index in [-0.39, 0.29) is 23.7 Å². The third-order valence-corrected chi connectivity index (χ3v) is 7.82. The lowest BCUT2D eigenvalue weighted by Gasteiger charge is -2.19. The lowest BCUT2D eigenvalue weighted by atomic mass is 9.87. The van der Waals surface area contributed by atoms with Crippen molar-refractivity contribution in [1.29, 1.82) is 0 Å². The van der Waals surface area contributed by atoms with Gasteiger partial charge in [-0.2, -0.15) is 0 Å². The van der Waals surface area contributed by atoms with Crippen molar-refractivity contribution in [3.63, 3.8) is 0 Å². The van der Waals surface area contributed by atoms with Gasteiger partial charge in [-0.25, -0.2) is 0 Å². The molecular formula is C29H34BrNO5S2. The largest absolute Gasteiger partial charge is 0.493 e. The Morgan fingerprint density at radius 1 is 1.18 bits per heavy atom. The third kappa shape index (κ3) is 8.07. The Labute approximate surface area is 243 Å². The smallest absolute Gasteiger partial charge is 0.305 e. The highest BCUT2D eigenvalue weighted by Gasteiger charge is 2.32. The fourth-order valence-corrected chi connectivity index (χ4v) is 5.62. The minimum atomic E-state index is -0.256. The summed E-state index contributed by atoms with van der Waals surface area (Å²) in [6.07, 6.45) is 3.32. The maximum atomic E-state index is 13.0. The van der Waals surface area contributed by atoms with Crippen molar-refractivity contribution in [3.8, 4) is 11.5 Å². The topological polar surface area (TPSA) is 65.1 Å². The molecule has 0 spiro atoms. The molecule has 0 unspecified atom stereocenters. The summed E-state index contributed by atoms with van der Waals surface area (Å²) in [6, 6.07) is 12.1. The van der Waals surface area contributed by atoms with E-state index in [0.29, 0.717) is 46.9 Å². The number of benzene rings is 2. The number of esters is 1. The van der Waals surface area contributed by atoms with Gasteiger partial charge in [0.05, 0.1) is 23.1 Å². The van der Waals surface area contributed by atoms with Crippen LogP contribution in [-0.2, 0) is 26.3 Å². The van der Waals surface area contributed by atoms with Crippen molar-refractivity contribution >= 4 is 62.2 Å². The van der Waals surface area contributed by atoms with Gasteiger partial charge in [0.2, 0.25) is 0 Å². The third-order valence-electron chi connectivity index (χ3n) is 5.86. The monoisotopic (exact) mass is 619 g/mol. The molecule has 1 aliphatic heterocycles. The summed E-state index contributed by atoms with van der Waals surface area (Å²) in [5.41, 5.74) is 3.19. The van der Waals surface area contributed by atoms with E-state index in [0.717, 1.165) is 22.0 Å². The fourth-order valence-electron chi connectivity index (χ4n) is 3.73. The Morgan fingerprint density at radius 3 is 2.53 bits per heavy atom. The Kier molecular flexibility index (Phi) is 10.8. The molecule has 6 nitrogen and oxygen atoms in total. The number of carbonyl (C=O) groups excluding carboxylic acids is 2. The highest BCUT2D eigenvalue weighted by molar-refractivity contribution is 9.10. The lowest BCUT2D eigenvalue weighted by Crippen LogP contribution is -2.29. The first-order valence-electron chi connectivity index (χ1n) is 12.5. The molecule has 1 heterocycles. The molecular weight excluding hydrogens is 586 g/mol. The van der Waals surface area contributed by atoms with Gasteiger partial charge in [-0.3, -0.25) is 14.5 Å². The molecule has 0 radical (unpaired) electrons. The van der Waals surface area contributed by atoms with E-state index in [2.05, 4.69) is 61.0 Å². The number of halogens is 1. The van der Waals surface area contributed by atoms with Crippen molar-refractivity contribution < 1.29 is 23.8 Å². The predicted molar refractivity (Wildman–Crippen MR) is 161 cm³/mol. The van der Waals surface area contributed by atoms with Crippen LogP contribution in [0.25, 0.3) is 6.08 Å². The van der Waals surface area contributed by atoms with Crippen LogP contribution in [0.3, 0.4) is 0 Å². The van der Waals surface area contributed by atoms with Crippen LogP contribution in [-0.4, -0.2) is 41.4 Å². The van der Waals surface area contributed by atoms with Crippen LogP contribution in [0.5, 0.6) is 11.5 Å². The zero-order valence-electron chi connectivity index (χ0n) is 22.5. The molecule has 0 aromatic heterocycles. The standard InChI is InChI=1S/C29H34BrNO5S2/c1-6-14-35-25(32)8-7-13-31-27(33)24(38-28(31)37)17-20-15-22(30)26(23(16-20)34-5)36-18-19-9-11-21(12-10-19)29(2,3)4/h9-12,15-17H,6-8,13-14,18H2,1-5H3/b24-17+. The Balaban J connectivity index is 1.67. The molecule has 38 heavy (non-hydrogen) atoms. The number of carbonyl (C=O) groups is 2. The quantitative estimate of drug-likeness (QED) is 0.149. The van der Waals surface area contributed by atoms with E-state index in [9.17, 15) is 9.59 Å². The fraction of sp³-hybridized carbons (Fsp3) is 0.414. The second kappa shape index (κ2) is 13.6. The van der Waals surface area contributed by atoms with Crippen LogP contribution in [0.15, 0.2) is 45.8 Å². The van der Waals surface area contributed by atoms with Crippen molar-refractivity contribution in [2.75, 3.05) is 20.3 Å². The van der Waals surface area contributed by atoms with E-state index >= 15 is 0 Å². The van der Waals surface area contributed by atoms with Gasteiger partial charge in [-0.1, -0.05) is 75.9 Å². The zero-order chi connectivity index (χ0) is 27.9. The van der Waals surface area contributed by atoms with E-state index < -0.39 is 0 Å². The number of thiocarbonyl (C=S) groups is 1. The van der Waals surface area contributed by atoms with Gasteiger partial charge >= 0.3 is 5.97 Å². The number of hydrogen-bond donors (Lipinski definition) is 0. The number of amides is 1. The summed E-state index contributed by atoms with van der Waals surface area (Å²) in [5.74, 6) is 0.718. The molecule has 0 saturated carbocycles. The average Bonchev–Trinajstić information content (AvgIpc) is 3.13. The Bertz CT molecular complexity index is 1200. The van der Waals surface area contributed by atoms with E-state index in [1.165, 1.54) is 22.2 Å². The molecule has 2 aromatic carbocycles. The van der Waals surface area contributed by atoms with Crippen LogP contribution >= 0.6 is 39.9 Å². The summed E-state index contributed by atoms with van der Waals surface area (Å²) >= 11 is 10.3. The molecule has 3 rings (SSSR count). The number of ether oxygens (including phenoxy) is 3. The van der Waals surface area contributed by atoms with Gasteiger partial charge in [-0.15, -0.1) is 0 Å². The molecule has 0 atom stereocenters. The molecule has 1 saturated heterocycles. The van der Waals surface area contributed by atoms with Gasteiger partial charge in [0, 0.05) is 13.0 Å². The molecule has 9 heteroatoms. The lowest BCUT2D eigenvalue weighted by molar-refractivity contribution is -0.144. The molecule has 1 amide bonds. The van der Waals surface area contributed by atoms with Gasteiger partial charge < -0.3 is 14.2 Å². The van der Waals surface area contributed by atoms with Crippen LogP contribution < -0.4 is 9.47 Å². The number of thioether (sulfide) groups is 1. The predicted octanol–water partition coefficient (Wildman–Crippen LogP) is 7.27. The number of nitrogens with zero attached hydrogens (tertiary/aromatic N) is 1. The molecule has 1 aliphatic rings. The first-order valence-corrected chi connectivity index (χ1v) is 14.6. The van der Waals surface area contributed by atoms with Gasteiger partial charge in [0.25, 0.3) is 5.91 Å². The summed E-state index contributed by atoms with van der Waals surface area (Å²) in [7, 11) is 1.58.